The second-order valence-electron chi connectivity index (χ2n) is 4.09. The second-order valence-corrected chi connectivity index (χ2v) is 5.80. The molecule has 1 heterocycles. The van der Waals surface area contributed by atoms with Crippen molar-refractivity contribution < 1.29 is 10.0 Å². The van der Waals surface area contributed by atoms with Crippen LogP contribution in [0.25, 0.3) is 12.2 Å². The summed E-state index contributed by atoms with van der Waals surface area (Å²) in [5.74, 6) is 0.00712. The molecule has 0 bridgehead atoms. The van der Waals surface area contributed by atoms with E-state index in [2.05, 4.69) is 36.8 Å². The highest BCUT2D eigenvalue weighted by Gasteiger charge is 2.18. The number of phenolic OH excluding ortho intramolecular Hbond substituents is 1. The molecule has 2 aromatic rings. The average molecular weight is 433 g/mol. The highest BCUT2D eigenvalue weighted by atomic mass is 79.9. The summed E-state index contributed by atoms with van der Waals surface area (Å²) in [6.07, 6.45) is 2.69. The van der Waals surface area contributed by atoms with Crippen molar-refractivity contribution >= 4 is 49.7 Å². The zero-order chi connectivity index (χ0) is 16.4. The number of nitrogens with zero attached hydrogens (tertiary/aromatic N) is 1. The first-order valence-electron chi connectivity index (χ1n) is 5.66. The van der Waals surface area contributed by atoms with Crippen LogP contribution < -0.4 is 11.2 Å². The SMILES string of the molecule is O=c1[nH]c(/C=C/c2cc(Br)c(O)c(Br)c2)c([N+](=O)[O-])c(=O)[nH]1. The largest absolute Gasteiger partial charge is 0.506 e. The molecule has 0 saturated heterocycles. The van der Waals surface area contributed by atoms with Gasteiger partial charge in [-0.15, -0.1) is 0 Å². The molecule has 0 aliphatic heterocycles. The maximum absolute atomic E-state index is 11.5. The summed E-state index contributed by atoms with van der Waals surface area (Å²) < 4.78 is 0.825. The Kier molecular flexibility index (Phi) is 4.62. The number of nitrogens with one attached hydrogen (secondary N) is 2. The van der Waals surface area contributed by atoms with Crippen LogP contribution in [-0.4, -0.2) is 20.0 Å². The van der Waals surface area contributed by atoms with Gasteiger partial charge in [-0.1, -0.05) is 6.08 Å². The van der Waals surface area contributed by atoms with E-state index in [9.17, 15) is 24.8 Å². The van der Waals surface area contributed by atoms with Gasteiger partial charge < -0.3 is 10.1 Å². The zero-order valence-electron chi connectivity index (χ0n) is 10.6. The molecule has 0 amide bonds. The van der Waals surface area contributed by atoms with Crippen LogP contribution in [0.1, 0.15) is 11.3 Å². The molecule has 0 atom stereocenters. The molecule has 114 valence electrons. The summed E-state index contributed by atoms with van der Waals surface area (Å²) in [5.41, 5.74) is -2.33. The predicted octanol–water partition coefficient (Wildman–Crippen LogP) is 2.37. The number of rotatable bonds is 3. The number of aromatic hydroxyl groups is 1. The molecule has 1 aromatic carbocycles. The minimum absolute atomic E-state index is 0.00712. The first-order chi connectivity index (χ1) is 10.3. The van der Waals surface area contributed by atoms with Gasteiger partial charge in [-0.05, 0) is 55.6 Å². The maximum atomic E-state index is 11.5. The lowest BCUT2D eigenvalue weighted by Crippen LogP contribution is -2.25. The van der Waals surface area contributed by atoms with Crippen molar-refractivity contribution in [1.82, 2.24) is 9.97 Å². The van der Waals surface area contributed by atoms with Crippen molar-refractivity contribution in [2.24, 2.45) is 0 Å². The van der Waals surface area contributed by atoms with E-state index in [1.165, 1.54) is 12.2 Å². The van der Waals surface area contributed by atoms with Crippen molar-refractivity contribution in [3.05, 3.63) is 63.3 Å². The Hall–Kier alpha value is -2.20. The van der Waals surface area contributed by atoms with Crippen LogP contribution in [-0.2, 0) is 0 Å². The van der Waals surface area contributed by atoms with Crippen molar-refractivity contribution in [2.75, 3.05) is 0 Å². The predicted molar refractivity (Wildman–Crippen MR) is 86.8 cm³/mol. The summed E-state index contributed by atoms with van der Waals surface area (Å²) in [7, 11) is 0. The van der Waals surface area contributed by atoms with E-state index in [0.29, 0.717) is 14.5 Å². The highest BCUT2D eigenvalue weighted by Crippen LogP contribution is 2.33. The molecular formula is C12H7Br2N3O5. The summed E-state index contributed by atoms with van der Waals surface area (Å²) in [4.78, 5) is 36.7. The van der Waals surface area contributed by atoms with Gasteiger partial charge in [0.25, 0.3) is 0 Å². The molecule has 0 aliphatic rings. The molecule has 0 fully saturated rings. The second kappa shape index (κ2) is 6.28. The number of aromatic nitrogens is 2. The van der Waals surface area contributed by atoms with Crippen molar-refractivity contribution in [1.29, 1.82) is 0 Å². The maximum Gasteiger partial charge on any atom is 0.357 e. The van der Waals surface area contributed by atoms with Crippen LogP contribution in [0.2, 0.25) is 0 Å². The third-order valence-corrected chi connectivity index (χ3v) is 3.82. The Labute approximate surface area is 138 Å². The Bertz CT molecular complexity index is 877. The molecule has 8 nitrogen and oxygen atoms in total. The van der Waals surface area contributed by atoms with E-state index in [0.717, 1.165) is 0 Å². The first kappa shape index (κ1) is 16.2. The number of H-pyrrole nitrogens is 2. The van der Waals surface area contributed by atoms with Gasteiger partial charge >= 0.3 is 16.9 Å². The molecule has 2 rings (SSSR count). The number of nitro groups is 1. The van der Waals surface area contributed by atoms with Gasteiger partial charge in [0.1, 0.15) is 11.4 Å². The van der Waals surface area contributed by atoms with Crippen LogP contribution in [0.3, 0.4) is 0 Å². The Morgan fingerprint density at radius 1 is 1.14 bits per heavy atom. The van der Waals surface area contributed by atoms with Gasteiger partial charge in [0.2, 0.25) is 0 Å². The van der Waals surface area contributed by atoms with Gasteiger partial charge in [-0.25, -0.2) is 4.79 Å². The van der Waals surface area contributed by atoms with Crippen LogP contribution >= 0.6 is 31.9 Å². The molecule has 0 spiro atoms. The van der Waals surface area contributed by atoms with Gasteiger partial charge in [-0.2, -0.15) is 0 Å². The summed E-state index contributed by atoms with van der Waals surface area (Å²) >= 11 is 6.30. The fourth-order valence-corrected chi connectivity index (χ4v) is 2.88. The lowest BCUT2D eigenvalue weighted by molar-refractivity contribution is -0.386. The van der Waals surface area contributed by atoms with Crippen LogP contribution in [0.4, 0.5) is 5.69 Å². The van der Waals surface area contributed by atoms with Gasteiger partial charge in [-0.3, -0.25) is 19.9 Å². The number of aromatic amines is 2. The Morgan fingerprint density at radius 3 is 2.27 bits per heavy atom. The fourth-order valence-electron chi connectivity index (χ4n) is 1.66. The highest BCUT2D eigenvalue weighted by molar-refractivity contribution is 9.11. The summed E-state index contributed by atoms with van der Waals surface area (Å²) in [5, 5.41) is 20.5. The summed E-state index contributed by atoms with van der Waals surface area (Å²) in [6.45, 7) is 0. The van der Waals surface area contributed by atoms with E-state index in [-0.39, 0.29) is 11.4 Å². The minimum Gasteiger partial charge on any atom is -0.506 e. The third kappa shape index (κ3) is 3.34. The van der Waals surface area contributed by atoms with E-state index >= 15 is 0 Å². The van der Waals surface area contributed by atoms with Crippen LogP contribution in [0.5, 0.6) is 5.75 Å². The van der Waals surface area contributed by atoms with E-state index in [4.69, 9.17) is 0 Å². The molecule has 0 radical (unpaired) electrons. The molecule has 0 aliphatic carbocycles. The topological polar surface area (TPSA) is 129 Å². The standard InChI is InChI=1S/C12H7Br2N3O5/c13-6-3-5(4-7(14)10(6)18)1-2-8-9(17(21)22)11(19)16-12(20)15-8/h1-4,18H,(H2,15,16,19,20)/b2-1+. The monoisotopic (exact) mass is 431 g/mol. The molecule has 3 N–H and O–H groups in total. The molecule has 10 heteroatoms. The lowest BCUT2D eigenvalue weighted by atomic mass is 10.2. The molecule has 1 aromatic heterocycles. The normalized spacial score (nSPS) is 11.0. The first-order valence-corrected chi connectivity index (χ1v) is 7.25. The number of benzene rings is 1. The Balaban J connectivity index is 2.53. The minimum atomic E-state index is -1.08. The quantitative estimate of drug-likeness (QED) is 0.506. The van der Waals surface area contributed by atoms with Crippen LogP contribution in [0, 0.1) is 10.1 Å². The summed E-state index contributed by atoms with van der Waals surface area (Å²) in [6, 6.07) is 3.13. The third-order valence-electron chi connectivity index (χ3n) is 2.61. The van der Waals surface area contributed by atoms with Gasteiger partial charge in [0.05, 0.1) is 13.9 Å². The fraction of sp³-hybridized carbons (Fsp3) is 0. The van der Waals surface area contributed by atoms with E-state index in [1.807, 2.05) is 0 Å². The van der Waals surface area contributed by atoms with Crippen LogP contribution in [0.15, 0.2) is 30.7 Å². The van der Waals surface area contributed by atoms with E-state index in [1.54, 1.807) is 17.1 Å². The number of hydrogen-bond donors (Lipinski definition) is 3. The van der Waals surface area contributed by atoms with E-state index < -0.39 is 21.9 Å². The molecular weight excluding hydrogens is 426 g/mol. The number of phenols is 1. The van der Waals surface area contributed by atoms with Crippen molar-refractivity contribution in [2.45, 2.75) is 0 Å². The lowest BCUT2D eigenvalue weighted by Gasteiger charge is -2.02. The Morgan fingerprint density at radius 2 is 1.73 bits per heavy atom. The average Bonchev–Trinajstić information content (AvgIpc) is 2.41. The van der Waals surface area contributed by atoms with Crippen molar-refractivity contribution in [3.63, 3.8) is 0 Å². The molecule has 0 saturated carbocycles. The van der Waals surface area contributed by atoms with Gasteiger partial charge in [0, 0.05) is 0 Å². The molecule has 22 heavy (non-hydrogen) atoms. The number of hydrogen-bond acceptors (Lipinski definition) is 5. The van der Waals surface area contributed by atoms with Crippen molar-refractivity contribution in [3.8, 4) is 5.75 Å². The smallest absolute Gasteiger partial charge is 0.357 e. The molecule has 0 unspecified atom stereocenters. The van der Waals surface area contributed by atoms with Gasteiger partial charge in [0.15, 0.2) is 0 Å². The number of halogens is 2. The zero-order valence-corrected chi connectivity index (χ0v) is 13.8.